The van der Waals surface area contributed by atoms with Gasteiger partial charge >= 0.3 is 5.97 Å². The maximum Gasteiger partial charge on any atom is 0.305 e. The molecule has 2 unspecified atom stereocenters. The van der Waals surface area contributed by atoms with Gasteiger partial charge in [-0.15, -0.1) is 0 Å². The van der Waals surface area contributed by atoms with Gasteiger partial charge in [0.15, 0.2) is 0 Å². The maximum absolute atomic E-state index is 12.6. The van der Waals surface area contributed by atoms with Gasteiger partial charge in [0.25, 0.3) is 0 Å². The molecule has 0 saturated carbocycles. The van der Waals surface area contributed by atoms with Crippen molar-refractivity contribution in [3.63, 3.8) is 0 Å². The summed E-state index contributed by atoms with van der Waals surface area (Å²) in [7, 11) is 0. The smallest absolute Gasteiger partial charge is 0.305 e. The van der Waals surface area contributed by atoms with Crippen LogP contribution < -0.4 is 5.32 Å². The van der Waals surface area contributed by atoms with Crippen LogP contribution in [0.15, 0.2) is 36.5 Å². The Bertz CT molecular complexity index is 1330. The number of allylic oxidation sites excluding steroid dienone is 6. The molecule has 3 N–H and O–H groups in total. The van der Waals surface area contributed by atoms with E-state index in [0.29, 0.717) is 25.9 Å². The van der Waals surface area contributed by atoms with E-state index in [2.05, 4.69) is 55.6 Å². The summed E-state index contributed by atoms with van der Waals surface area (Å²) in [4.78, 5) is 24.7. The minimum atomic E-state index is -0.670. The second kappa shape index (κ2) is 71.6. The molecule has 6 heteroatoms. The lowest BCUT2D eigenvalue weighted by molar-refractivity contribution is -0.143. The van der Waals surface area contributed by atoms with E-state index in [1.165, 1.54) is 327 Å². The van der Waals surface area contributed by atoms with Crippen LogP contribution in [0.2, 0.25) is 0 Å². The van der Waals surface area contributed by atoms with E-state index in [1.54, 1.807) is 0 Å². The first-order valence-corrected chi connectivity index (χ1v) is 37.2. The average Bonchev–Trinajstić information content (AvgIpc) is 3.48. The van der Waals surface area contributed by atoms with Gasteiger partial charge in [-0.05, 0) is 83.5 Å². The molecule has 0 saturated heterocycles. The average molecular weight is 1150 g/mol. The number of carbonyl (C=O) groups excluding carboxylic acids is 2. The lowest BCUT2D eigenvalue weighted by Gasteiger charge is -2.22. The third-order valence-electron chi connectivity index (χ3n) is 17.4. The van der Waals surface area contributed by atoms with E-state index in [-0.39, 0.29) is 18.5 Å². The van der Waals surface area contributed by atoms with E-state index in [1.807, 2.05) is 0 Å². The number of unbranched alkanes of at least 4 members (excludes halogenated alkanes) is 53. The van der Waals surface area contributed by atoms with Crippen LogP contribution in [0.1, 0.15) is 412 Å². The van der Waals surface area contributed by atoms with Gasteiger partial charge in [0, 0.05) is 12.8 Å². The molecule has 0 aromatic heterocycles. The highest BCUT2D eigenvalue weighted by molar-refractivity contribution is 5.76. The molecule has 0 bridgehead atoms. The predicted molar refractivity (Wildman–Crippen MR) is 361 cm³/mol. The van der Waals surface area contributed by atoms with Crippen molar-refractivity contribution in [2.45, 2.75) is 424 Å². The summed E-state index contributed by atoms with van der Waals surface area (Å²) in [5.41, 5.74) is 0. The molecule has 1 amide bonds. The molecule has 82 heavy (non-hydrogen) atoms. The van der Waals surface area contributed by atoms with E-state index in [4.69, 9.17) is 4.74 Å². The van der Waals surface area contributed by atoms with Crippen molar-refractivity contribution in [1.29, 1.82) is 0 Å². The number of aliphatic hydroxyl groups is 2. The van der Waals surface area contributed by atoms with Gasteiger partial charge in [-0.1, -0.05) is 352 Å². The van der Waals surface area contributed by atoms with Gasteiger partial charge < -0.3 is 20.3 Å². The Morgan fingerprint density at radius 3 is 0.963 bits per heavy atom. The van der Waals surface area contributed by atoms with Crippen LogP contribution in [0, 0.1) is 0 Å². The highest BCUT2D eigenvalue weighted by Crippen LogP contribution is 2.19. The number of ether oxygens (including phenoxy) is 1. The molecule has 484 valence electrons. The first-order chi connectivity index (χ1) is 40.5. The predicted octanol–water partition coefficient (Wildman–Crippen LogP) is 24.3. The molecule has 2 atom stereocenters. The van der Waals surface area contributed by atoms with Crippen LogP contribution in [-0.2, 0) is 14.3 Å². The molecule has 0 aromatic carbocycles. The van der Waals surface area contributed by atoms with Gasteiger partial charge in [-0.2, -0.15) is 0 Å². The van der Waals surface area contributed by atoms with Crippen molar-refractivity contribution in [2.75, 3.05) is 13.2 Å². The van der Waals surface area contributed by atoms with Gasteiger partial charge in [0.2, 0.25) is 5.91 Å². The number of aliphatic hydroxyl groups excluding tert-OH is 2. The Balaban J connectivity index is 3.40. The van der Waals surface area contributed by atoms with Crippen molar-refractivity contribution in [1.82, 2.24) is 5.32 Å². The number of rotatable bonds is 70. The Hall–Kier alpha value is -1.92. The Kier molecular flexibility index (Phi) is 69.9. The van der Waals surface area contributed by atoms with Crippen LogP contribution in [-0.4, -0.2) is 47.4 Å². The van der Waals surface area contributed by atoms with E-state index in [9.17, 15) is 19.8 Å². The number of hydrogen-bond acceptors (Lipinski definition) is 5. The minimum Gasteiger partial charge on any atom is -0.466 e. The lowest BCUT2D eigenvalue weighted by Crippen LogP contribution is -2.45. The van der Waals surface area contributed by atoms with E-state index < -0.39 is 12.1 Å². The molecule has 0 fully saturated rings. The van der Waals surface area contributed by atoms with Gasteiger partial charge in [-0.25, -0.2) is 0 Å². The number of amides is 1. The molecule has 0 aromatic rings. The van der Waals surface area contributed by atoms with Crippen molar-refractivity contribution in [2.24, 2.45) is 0 Å². The van der Waals surface area contributed by atoms with Crippen LogP contribution in [0.5, 0.6) is 0 Å². The van der Waals surface area contributed by atoms with Crippen LogP contribution >= 0.6 is 0 Å². The molecule has 0 aliphatic heterocycles. The second-order valence-electron chi connectivity index (χ2n) is 25.6. The standard InChI is InChI=1S/C76H145NO5/c1-3-5-7-9-11-13-15-17-19-21-23-24-26-29-33-36-40-44-48-52-56-60-64-68-74(79)73(72-78)77-75(80)69-65-61-57-53-49-45-41-37-34-30-27-25-28-31-35-39-43-47-51-55-59-63-67-71-82-76(81)70-66-62-58-54-50-46-42-38-32-22-20-18-16-14-12-10-8-6-4-2/h12,14,18,20,30,34,73-74,78-79H,3-11,13,15-17,19,21-29,31-33,35-72H2,1-2H3,(H,77,80)/b14-12-,20-18-,34-30-. The Labute approximate surface area is 513 Å². The fraction of sp³-hybridized carbons (Fsp3) is 0.895. The van der Waals surface area contributed by atoms with Crippen LogP contribution in [0.3, 0.4) is 0 Å². The third kappa shape index (κ3) is 67.2. The first-order valence-electron chi connectivity index (χ1n) is 37.2. The summed E-state index contributed by atoms with van der Waals surface area (Å²) >= 11 is 0. The maximum atomic E-state index is 12.6. The molecule has 0 aliphatic carbocycles. The molecular weight excluding hydrogens is 1010 g/mol. The summed E-state index contributed by atoms with van der Waals surface area (Å²) in [6.45, 7) is 4.96. The Morgan fingerprint density at radius 2 is 0.610 bits per heavy atom. The minimum absolute atomic E-state index is 0.00862. The zero-order chi connectivity index (χ0) is 59.2. The van der Waals surface area contributed by atoms with Gasteiger partial charge in [-0.3, -0.25) is 9.59 Å². The monoisotopic (exact) mass is 1150 g/mol. The van der Waals surface area contributed by atoms with Crippen molar-refractivity contribution < 1.29 is 24.5 Å². The summed E-state index contributed by atoms with van der Waals surface area (Å²) in [6.07, 6.45) is 92.0. The van der Waals surface area contributed by atoms with E-state index >= 15 is 0 Å². The fourth-order valence-corrected chi connectivity index (χ4v) is 11.7. The molecule has 0 radical (unpaired) electrons. The summed E-state index contributed by atoms with van der Waals surface area (Å²) in [5, 5.41) is 23.4. The SMILES string of the molecule is CCCCC/C=C\C/C=C\CCCCCCCCCCCC(=O)OCCCCCCCCCCCCCC/C=C\CCCCCCCCCC(=O)NC(CO)C(O)CCCCCCCCCCCCCCCCCCCCCCCCC. The topological polar surface area (TPSA) is 95.9 Å². The van der Waals surface area contributed by atoms with Gasteiger partial charge in [0.1, 0.15) is 0 Å². The van der Waals surface area contributed by atoms with Crippen molar-refractivity contribution in [3.8, 4) is 0 Å². The van der Waals surface area contributed by atoms with E-state index in [0.717, 1.165) is 51.4 Å². The van der Waals surface area contributed by atoms with Crippen molar-refractivity contribution >= 4 is 11.9 Å². The molecular formula is C76H145NO5. The fourth-order valence-electron chi connectivity index (χ4n) is 11.7. The third-order valence-corrected chi connectivity index (χ3v) is 17.4. The van der Waals surface area contributed by atoms with Gasteiger partial charge in [0.05, 0.1) is 25.4 Å². The zero-order valence-electron chi connectivity index (χ0n) is 55.5. The highest BCUT2D eigenvalue weighted by Gasteiger charge is 2.20. The quantitative estimate of drug-likeness (QED) is 0.0320. The van der Waals surface area contributed by atoms with Crippen molar-refractivity contribution in [3.05, 3.63) is 36.5 Å². The number of nitrogens with one attached hydrogen (secondary N) is 1. The first kappa shape index (κ1) is 80.1. The zero-order valence-corrected chi connectivity index (χ0v) is 55.5. The highest BCUT2D eigenvalue weighted by atomic mass is 16.5. The number of hydrogen-bond donors (Lipinski definition) is 3. The molecule has 6 nitrogen and oxygen atoms in total. The summed E-state index contributed by atoms with van der Waals surface area (Å²) < 4.78 is 5.51. The Morgan fingerprint density at radius 1 is 0.341 bits per heavy atom. The summed E-state index contributed by atoms with van der Waals surface area (Å²) in [5.74, 6) is -0.0282. The molecule has 0 aliphatic rings. The second-order valence-corrected chi connectivity index (χ2v) is 25.6. The summed E-state index contributed by atoms with van der Waals surface area (Å²) in [6, 6.07) is -0.548. The number of carbonyl (C=O) groups is 2. The van der Waals surface area contributed by atoms with Crippen LogP contribution in [0.4, 0.5) is 0 Å². The normalized spacial score (nSPS) is 12.7. The molecule has 0 heterocycles. The largest absolute Gasteiger partial charge is 0.466 e. The number of esters is 1. The van der Waals surface area contributed by atoms with Crippen LogP contribution in [0.25, 0.3) is 0 Å². The molecule has 0 rings (SSSR count). The molecule has 0 spiro atoms. The lowest BCUT2D eigenvalue weighted by atomic mass is 10.0.